The number of rotatable bonds is 9. The lowest BCUT2D eigenvalue weighted by Gasteiger charge is -2.10. The van der Waals surface area contributed by atoms with Crippen molar-refractivity contribution in [1.82, 2.24) is 15.1 Å². The highest BCUT2D eigenvalue weighted by molar-refractivity contribution is 6.31. The van der Waals surface area contributed by atoms with Crippen LogP contribution in [0.2, 0.25) is 5.02 Å². The van der Waals surface area contributed by atoms with Crippen molar-refractivity contribution in [2.45, 2.75) is 25.6 Å². The lowest BCUT2D eigenvalue weighted by Crippen LogP contribution is -2.32. The monoisotopic (exact) mass is 538 g/mol. The van der Waals surface area contributed by atoms with E-state index < -0.39 is 5.91 Å². The molecule has 3 aromatic carbocycles. The highest BCUT2D eigenvalue weighted by Crippen LogP contribution is 2.28. The summed E-state index contributed by atoms with van der Waals surface area (Å²) in [6, 6.07) is 26.8. The van der Waals surface area contributed by atoms with Crippen LogP contribution in [0.3, 0.4) is 0 Å². The van der Waals surface area contributed by atoms with E-state index in [1.54, 1.807) is 10.8 Å². The van der Waals surface area contributed by atoms with Crippen LogP contribution in [0.15, 0.2) is 90.6 Å². The SMILES string of the molecule is N#C/C(=C\c1cn(-c2ccccc2)nc1-c1ccc(OCc2ccccc2Cl)cc1)C(=O)NCC1CCCO1. The van der Waals surface area contributed by atoms with Crippen LogP contribution < -0.4 is 10.1 Å². The van der Waals surface area contributed by atoms with Crippen molar-refractivity contribution < 1.29 is 14.3 Å². The molecule has 0 bridgehead atoms. The van der Waals surface area contributed by atoms with Crippen LogP contribution in [-0.2, 0) is 16.1 Å². The number of nitrogens with zero attached hydrogens (tertiary/aromatic N) is 3. The Morgan fingerprint density at radius 1 is 1.13 bits per heavy atom. The number of hydrogen-bond donors (Lipinski definition) is 1. The Hall–Kier alpha value is -4.38. The fourth-order valence-electron chi connectivity index (χ4n) is 4.33. The standard InChI is InChI=1S/C31H27ClN4O3/c32-29-11-5-4-7-23(29)21-39-27-14-12-22(13-15-27)30-25(20-36(35-30)26-8-2-1-3-9-26)17-24(18-33)31(37)34-19-28-10-6-16-38-28/h1-5,7-9,11-15,17,20,28H,6,10,16,19,21H2,(H,34,37)/b24-17+. The quantitative estimate of drug-likeness (QED) is 0.209. The molecule has 4 aromatic rings. The number of para-hydroxylation sites is 1. The molecule has 1 atom stereocenters. The average Bonchev–Trinajstić information content (AvgIpc) is 3.65. The fraction of sp³-hybridized carbons (Fsp3) is 0.194. The minimum atomic E-state index is -0.435. The second kappa shape index (κ2) is 12.4. The molecule has 196 valence electrons. The summed E-state index contributed by atoms with van der Waals surface area (Å²) in [4.78, 5) is 12.8. The first kappa shape index (κ1) is 26.2. The molecule has 0 aliphatic carbocycles. The largest absolute Gasteiger partial charge is 0.489 e. The molecule has 2 heterocycles. The van der Waals surface area contributed by atoms with Gasteiger partial charge in [0, 0.05) is 41.1 Å². The fourth-order valence-corrected chi connectivity index (χ4v) is 4.52. The van der Waals surface area contributed by atoms with E-state index in [0.717, 1.165) is 29.7 Å². The van der Waals surface area contributed by atoms with Gasteiger partial charge in [-0.05, 0) is 61.4 Å². The minimum absolute atomic E-state index is 0.00144. The molecular weight excluding hydrogens is 512 g/mol. The van der Waals surface area contributed by atoms with Crippen LogP contribution in [0.1, 0.15) is 24.0 Å². The summed E-state index contributed by atoms with van der Waals surface area (Å²) in [6.45, 7) is 1.43. The van der Waals surface area contributed by atoms with Gasteiger partial charge < -0.3 is 14.8 Å². The summed E-state index contributed by atoms with van der Waals surface area (Å²) in [5.74, 6) is 0.249. The van der Waals surface area contributed by atoms with Crippen LogP contribution in [0, 0.1) is 11.3 Å². The second-order valence-corrected chi connectivity index (χ2v) is 9.54. The molecule has 0 radical (unpaired) electrons. The first-order chi connectivity index (χ1) is 19.1. The number of aromatic nitrogens is 2. The zero-order valence-corrected chi connectivity index (χ0v) is 22.0. The third kappa shape index (κ3) is 6.55. The Kier molecular flexibility index (Phi) is 8.37. The van der Waals surface area contributed by atoms with Gasteiger partial charge in [0.25, 0.3) is 5.91 Å². The number of nitriles is 1. The maximum Gasteiger partial charge on any atom is 0.262 e. The third-order valence-corrected chi connectivity index (χ3v) is 6.79. The van der Waals surface area contributed by atoms with Crippen LogP contribution in [-0.4, -0.2) is 34.9 Å². The van der Waals surface area contributed by atoms with E-state index in [2.05, 4.69) is 5.32 Å². The maximum atomic E-state index is 12.8. The Morgan fingerprint density at radius 2 is 1.90 bits per heavy atom. The second-order valence-electron chi connectivity index (χ2n) is 9.13. The van der Waals surface area contributed by atoms with Crippen LogP contribution in [0.5, 0.6) is 5.75 Å². The van der Waals surface area contributed by atoms with Crippen LogP contribution >= 0.6 is 11.6 Å². The molecule has 1 aliphatic heterocycles. The van der Waals surface area contributed by atoms with E-state index in [-0.39, 0.29) is 11.7 Å². The van der Waals surface area contributed by atoms with Gasteiger partial charge in [-0.2, -0.15) is 10.4 Å². The normalized spacial score (nSPS) is 15.1. The summed E-state index contributed by atoms with van der Waals surface area (Å²) >= 11 is 6.24. The van der Waals surface area contributed by atoms with Gasteiger partial charge in [0.05, 0.1) is 17.5 Å². The van der Waals surface area contributed by atoms with E-state index in [1.165, 1.54) is 0 Å². The lowest BCUT2D eigenvalue weighted by molar-refractivity contribution is -0.117. The Bertz CT molecular complexity index is 1500. The molecule has 0 saturated carbocycles. The number of ether oxygens (including phenoxy) is 2. The van der Waals surface area contributed by atoms with Crippen molar-refractivity contribution in [3.63, 3.8) is 0 Å². The predicted octanol–water partition coefficient (Wildman–Crippen LogP) is 5.97. The van der Waals surface area contributed by atoms with Crippen molar-refractivity contribution in [2.75, 3.05) is 13.2 Å². The molecule has 1 aromatic heterocycles. The number of carbonyl (C=O) groups is 1. The van der Waals surface area contributed by atoms with Gasteiger partial charge in [-0.1, -0.05) is 48.0 Å². The molecule has 1 fully saturated rings. The van der Waals surface area contributed by atoms with E-state index in [1.807, 2.05) is 91.1 Å². The molecule has 7 nitrogen and oxygen atoms in total. The van der Waals surface area contributed by atoms with E-state index in [9.17, 15) is 10.1 Å². The number of carbonyl (C=O) groups excluding carboxylic acids is 1. The first-order valence-corrected chi connectivity index (χ1v) is 13.1. The summed E-state index contributed by atoms with van der Waals surface area (Å²) < 4.78 is 13.2. The molecule has 1 saturated heterocycles. The number of amides is 1. The summed E-state index contributed by atoms with van der Waals surface area (Å²) in [5, 5.41) is 18.1. The summed E-state index contributed by atoms with van der Waals surface area (Å²) in [5.41, 5.74) is 3.86. The van der Waals surface area contributed by atoms with Gasteiger partial charge in [-0.15, -0.1) is 0 Å². The van der Waals surface area contributed by atoms with Crippen LogP contribution in [0.4, 0.5) is 0 Å². The zero-order chi connectivity index (χ0) is 27.0. The van der Waals surface area contributed by atoms with Crippen molar-refractivity contribution in [3.8, 4) is 28.8 Å². The first-order valence-electron chi connectivity index (χ1n) is 12.7. The van der Waals surface area contributed by atoms with Gasteiger partial charge in [0.2, 0.25) is 0 Å². The van der Waals surface area contributed by atoms with Gasteiger partial charge in [-0.3, -0.25) is 4.79 Å². The van der Waals surface area contributed by atoms with Crippen molar-refractivity contribution >= 4 is 23.6 Å². The van der Waals surface area contributed by atoms with Crippen molar-refractivity contribution in [2.24, 2.45) is 0 Å². The molecule has 1 amide bonds. The Labute approximate surface area is 232 Å². The minimum Gasteiger partial charge on any atom is -0.489 e. The lowest BCUT2D eigenvalue weighted by atomic mass is 10.1. The molecule has 1 N–H and O–H groups in total. The topological polar surface area (TPSA) is 89.2 Å². The highest BCUT2D eigenvalue weighted by Gasteiger charge is 2.19. The maximum absolute atomic E-state index is 12.8. The molecule has 1 aliphatic rings. The van der Waals surface area contributed by atoms with E-state index in [0.29, 0.717) is 41.8 Å². The molecule has 1 unspecified atom stereocenters. The van der Waals surface area contributed by atoms with Crippen LogP contribution in [0.25, 0.3) is 23.0 Å². The Morgan fingerprint density at radius 3 is 2.62 bits per heavy atom. The molecule has 5 rings (SSSR count). The number of benzene rings is 3. The molecule has 0 spiro atoms. The molecule has 8 heteroatoms. The third-order valence-electron chi connectivity index (χ3n) is 6.42. The number of halogens is 1. The van der Waals surface area contributed by atoms with Crippen molar-refractivity contribution in [3.05, 3.63) is 107 Å². The van der Waals surface area contributed by atoms with Gasteiger partial charge >= 0.3 is 0 Å². The van der Waals surface area contributed by atoms with E-state index in [4.69, 9.17) is 26.2 Å². The van der Waals surface area contributed by atoms with Gasteiger partial charge in [0.15, 0.2) is 0 Å². The van der Waals surface area contributed by atoms with Gasteiger partial charge in [0.1, 0.15) is 24.0 Å². The van der Waals surface area contributed by atoms with E-state index >= 15 is 0 Å². The van der Waals surface area contributed by atoms with Crippen molar-refractivity contribution in [1.29, 1.82) is 5.26 Å². The average molecular weight is 539 g/mol. The number of hydrogen-bond acceptors (Lipinski definition) is 5. The number of nitrogens with one attached hydrogen (secondary N) is 1. The highest BCUT2D eigenvalue weighted by atomic mass is 35.5. The zero-order valence-electron chi connectivity index (χ0n) is 21.2. The molecular formula is C31H27ClN4O3. The smallest absolute Gasteiger partial charge is 0.262 e. The molecule has 39 heavy (non-hydrogen) atoms. The predicted molar refractivity (Wildman–Crippen MR) is 150 cm³/mol. The Balaban J connectivity index is 1.40. The summed E-state index contributed by atoms with van der Waals surface area (Å²) in [6.07, 6.45) is 5.26. The van der Waals surface area contributed by atoms with Gasteiger partial charge in [-0.25, -0.2) is 4.68 Å². The summed E-state index contributed by atoms with van der Waals surface area (Å²) in [7, 11) is 0.